The Morgan fingerprint density at radius 3 is 2.33 bits per heavy atom. The van der Waals surface area contributed by atoms with Crippen LogP contribution in [0.1, 0.15) is 71.1 Å². The highest BCUT2D eigenvalue weighted by Gasteiger charge is 2.45. The maximum absolute atomic E-state index is 5.58. The molecule has 1 heterocycles. The molecule has 2 fully saturated rings. The predicted octanol–water partition coefficient (Wildman–Crippen LogP) is 3.58. The number of nitrogens with one attached hydrogen (secondary N) is 1. The third-order valence-corrected chi connectivity index (χ3v) is 5.70. The topological polar surface area (TPSA) is 24.5 Å². The van der Waals surface area contributed by atoms with Gasteiger partial charge in [0.05, 0.1) is 13.2 Å². The minimum absolute atomic E-state index is 0.420. The molecule has 2 rings (SSSR count). The molecule has 1 saturated heterocycles. The van der Waals surface area contributed by atoms with Crippen molar-refractivity contribution in [2.75, 3.05) is 33.4 Å². The molecule has 0 bridgehead atoms. The normalized spacial score (nSPS) is 24.3. The first-order chi connectivity index (χ1) is 10.3. The van der Waals surface area contributed by atoms with Gasteiger partial charge in [-0.3, -0.25) is 4.90 Å². The number of morpholine rings is 1. The van der Waals surface area contributed by atoms with Gasteiger partial charge in [0, 0.05) is 24.7 Å². The van der Waals surface area contributed by atoms with Gasteiger partial charge in [-0.05, 0) is 26.3 Å². The number of ether oxygens (including phenoxy) is 1. The quantitative estimate of drug-likeness (QED) is 0.658. The van der Waals surface area contributed by atoms with Crippen molar-refractivity contribution in [2.24, 2.45) is 0 Å². The van der Waals surface area contributed by atoms with E-state index in [-0.39, 0.29) is 0 Å². The van der Waals surface area contributed by atoms with Crippen LogP contribution < -0.4 is 5.32 Å². The Kier molecular flexibility index (Phi) is 7.48. The van der Waals surface area contributed by atoms with Crippen LogP contribution in [0, 0.1) is 0 Å². The molecule has 1 aliphatic carbocycles. The molecule has 0 spiro atoms. The average Bonchev–Trinajstić information content (AvgIpc) is 3.02. The second-order valence-electron chi connectivity index (χ2n) is 6.95. The van der Waals surface area contributed by atoms with Gasteiger partial charge in [0.25, 0.3) is 0 Å². The zero-order valence-electron chi connectivity index (χ0n) is 14.3. The predicted molar refractivity (Wildman–Crippen MR) is 89.8 cm³/mol. The van der Waals surface area contributed by atoms with Crippen molar-refractivity contribution in [3.63, 3.8) is 0 Å². The summed E-state index contributed by atoms with van der Waals surface area (Å²) in [5.41, 5.74) is 0.420. The summed E-state index contributed by atoms with van der Waals surface area (Å²) in [5, 5.41) is 3.69. The number of rotatable bonds is 9. The molecular formula is C18H36N2O. The second kappa shape index (κ2) is 9.12. The number of hydrogen-bond acceptors (Lipinski definition) is 3. The first-order valence-electron chi connectivity index (χ1n) is 9.33. The SMILES string of the molecule is CCCCCCCC(NC)C1(N2CCOCC2)CCCC1. The molecule has 21 heavy (non-hydrogen) atoms. The highest BCUT2D eigenvalue weighted by Crippen LogP contribution is 2.40. The fraction of sp³-hybridized carbons (Fsp3) is 1.00. The van der Waals surface area contributed by atoms with Gasteiger partial charge in [-0.2, -0.15) is 0 Å². The van der Waals surface area contributed by atoms with Crippen LogP contribution in [-0.2, 0) is 4.74 Å². The summed E-state index contributed by atoms with van der Waals surface area (Å²) in [6.45, 7) is 6.41. The smallest absolute Gasteiger partial charge is 0.0594 e. The standard InChI is InChI=1S/C18H36N2O/c1-3-4-5-6-7-10-17(19-2)18(11-8-9-12-18)20-13-15-21-16-14-20/h17,19H,3-16H2,1-2H3. The second-order valence-corrected chi connectivity index (χ2v) is 6.95. The number of hydrogen-bond donors (Lipinski definition) is 1. The van der Waals surface area contributed by atoms with Crippen molar-refractivity contribution in [1.82, 2.24) is 10.2 Å². The van der Waals surface area contributed by atoms with E-state index in [4.69, 9.17) is 4.74 Å². The first kappa shape index (κ1) is 17.2. The molecule has 124 valence electrons. The fourth-order valence-corrected chi connectivity index (χ4v) is 4.51. The zero-order valence-corrected chi connectivity index (χ0v) is 14.3. The fourth-order valence-electron chi connectivity index (χ4n) is 4.51. The van der Waals surface area contributed by atoms with E-state index < -0.39 is 0 Å². The van der Waals surface area contributed by atoms with Gasteiger partial charge < -0.3 is 10.1 Å². The molecule has 0 aromatic rings. The van der Waals surface area contributed by atoms with E-state index in [1.807, 2.05) is 0 Å². The molecule has 3 heteroatoms. The summed E-state index contributed by atoms with van der Waals surface area (Å²) in [7, 11) is 2.18. The molecule has 2 aliphatic rings. The van der Waals surface area contributed by atoms with Crippen LogP contribution in [0.4, 0.5) is 0 Å². The van der Waals surface area contributed by atoms with Crippen LogP contribution in [0.3, 0.4) is 0 Å². The Hall–Kier alpha value is -0.120. The molecule has 1 N–H and O–H groups in total. The lowest BCUT2D eigenvalue weighted by Gasteiger charge is -2.48. The molecule has 1 saturated carbocycles. The van der Waals surface area contributed by atoms with E-state index in [1.165, 1.54) is 64.2 Å². The molecule has 0 amide bonds. The minimum Gasteiger partial charge on any atom is -0.379 e. The zero-order chi connectivity index (χ0) is 15.0. The number of unbranched alkanes of at least 4 members (excludes halogenated alkanes) is 4. The van der Waals surface area contributed by atoms with Crippen molar-refractivity contribution in [2.45, 2.75) is 82.7 Å². The monoisotopic (exact) mass is 296 g/mol. The van der Waals surface area contributed by atoms with Gasteiger partial charge in [0.2, 0.25) is 0 Å². The summed E-state index contributed by atoms with van der Waals surface area (Å²) >= 11 is 0. The summed E-state index contributed by atoms with van der Waals surface area (Å²) in [5.74, 6) is 0. The van der Waals surface area contributed by atoms with E-state index in [2.05, 4.69) is 24.2 Å². The summed E-state index contributed by atoms with van der Waals surface area (Å²) < 4.78 is 5.58. The maximum Gasteiger partial charge on any atom is 0.0594 e. The van der Waals surface area contributed by atoms with E-state index in [9.17, 15) is 0 Å². The van der Waals surface area contributed by atoms with Crippen LogP contribution >= 0.6 is 0 Å². The van der Waals surface area contributed by atoms with Gasteiger partial charge in [0.1, 0.15) is 0 Å². The lowest BCUT2D eigenvalue weighted by Crippen LogP contribution is -2.61. The third-order valence-electron chi connectivity index (χ3n) is 5.70. The van der Waals surface area contributed by atoms with Gasteiger partial charge in [-0.25, -0.2) is 0 Å². The van der Waals surface area contributed by atoms with E-state index in [0.717, 1.165) is 26.3 Å². The largest absolute Gasteiger partial charge is 0.379 e. The maximum atomic E-state index is 5.58. The van der Waals surface area contributed by atoms with Crippen molar-refractivity contribution in [1.29, 1.82) is 0 Å². The van der Waals surface area contributed by atoms with Crippen molar-refractivity contribution < 1.29 is 4.74 Å². The molecule has 0 aromatic carbocycles. The lowest BCUT2D eigenvalue weighted by molar-refractivity contribution is -0.0362. The Bertz CT molecular complexity index is 270. The lowest BCUT2D eigenvalue weighted by atomic mass is 9.82. The van der Waals surface area contributed by atoms with Gasteiger partial charge in [0.15, 0.2) is 0 Å². The van der Waals surface area contributed by atoms with Gasteiger partial charge >= 0.3 is 0 Å². The molecule has 0 radical (unpaired) electrons. The molecule has 3 nitrogen and oxygen atoms in total. The van der Waals surface area contributed by atoms with Gasteiger partial charge in [-0.1, -0.05) is 51.9 Å². The Balaban J connectivity index is 1.90. The Labute approximate surface area is 131 Å². The molecule has 0 aromatic heterocycles. The molecule has 1 atom stereocenters. The Morgan fingerprint density at radius 1 is 1.05 bits per heavy atom. The first-order valence-corrected chi connectivity index (χ1v) is 9.33. The summed E-state index contributed by atoms with van der Waals surface area (Å²) in [4.78, 5) is 2.76. The molecular weight excluding hydrogens is 260 g/mol. The van der Waals surface area contributed by atoms with Crippen LogP contribution in [-0.4, -0.2) is 49.8 Å². The summed E-state index contributed by atoms with van der Waals surface area (Å²) in [6, 6.07) is 0.666. The highest BCUT2D eigenvalue weighted by atomic mass is 16.5. The molecule has 1 aliphatic heterocycles. The van der Waals surface area contributed by atoms with E-state index in [0.29, 0.717) is 11.6 Å². The number of likely N-dealkylation sites (N-methyl/N-ethyl adjacent to an activating group) is 1. The van der Waals surface area contributed by atoms with Crippen LogP contribution in [0.2, 0.25) is 0 Å². The minimum atomic E-state index is 0.420. The van der Waals surface area contributed by atoms with E-state index >= 15 is 0 Å². The summed E-state index contributed by atoms with van der Waals surface area (Å²) in [6.07, 6.45) is 13.9. The molecule has 1 unspecified atom stereocenters. The van der Waals surface area contributed by atoms with E-state index in [1.54, 1.807) is 0 Å². The third kappa shape index (κ3) is 4.43. The Morgan fingerprint density at radius 2 is 1.71 bits per heavy atom. The highest BCUT2D eigenvalue weighted by molar-refractivity contribution is 5.03. The van der Waals surface area contributed by atoms with Crippen LogP contribution in [0.25, 0.3) is 0 Å². The van der Waals surface area contributed by atoms with Crippen LogP contribution in [0.15, 0.2) is 0 Å². The average molecular weight is 296 g/mol. The van der Waals surface area contributed by atoms with Crippen LogP contribution in [0.5, 0.6) is 0 Å². The number of nitrogens with zero attached hydrogens (tertiary/aromatic N) is 1. The van der Waals surface area contributed by atoms with Gasteiger partial charge in [-0.15, -0.1) is 0 Å². The van der Waals surface area contributed by atoms with Crippen molar-refractivity contribution >= 4 is 0 Å². The van der Waals surface area contributed by atoms with Crippen molar-refractivity contribution in [3.8, 4) is 0 Å². The van der Waals surface area contributed by atoms with Crippen molar-refractivity contribution in [3.05, 3.63) is 0 Å².